The lowest BCUT2D eigenvalue weighted by molar-refractivity contribution is 0.249. The Morgan fingerprint density at radius 1 is 0.862 bits per heavy atom. The molecule has 1 fully saturated rings. The summed E-state index contributed by atoms with van der Waals surface area (Å²) in [6, 6.07) is 14.5. The molecule has 0 N–H and O–H groups in total. The SMILES string of the molecule is Fc1ccccc1-c1nnc2ccc(N3CCN(Cc4ccncc4)CC3)nn12. The van der Waals surface area contributed by atoms with Gasteiger partial charge in [-0.1, -0.05) is 12.1 Å². The molecule has 3 aromatic heterocycles. The van der Waals surface area contributed by atoms with Gasteiger partial charge in [-0.25, -0.2) is 4.39 Å². The normalized spacial score (nSPS) is 15.1. The Labute approximate surface area is 167 Å². The van der Waals surface area contributed by atoms with Gasteiger partial charge in [0.25, 0.3) is 0 Å². The van der Waals surface area contributed by atoms with Crippen LogP contribution in [-0.4, -0.2) is 55.9 Å². The van der Waals surface area contributed by atoms with E-state index in [2.05, 4.69) is 37.1 Å². The number of halogens is 1. The van der Waals surface area contributed by atoms with Crippen LogP contribution in [0.25, 0.3) is 17.0 Å². The molecule has 0 unspecified atom stereocenters. The maximum Gasteiger partial charge on any atom is 0.188 e. The van der Waals surface area contributed by atoms with E-state index < -0.39 is 0 Å². The molecular formula is C21H20FN7. The van der Waals surface area contributed by atoms with Crippen LogP contribution < -0.4 is 4.90 Å². The molecule has 1 aliphatic rings. The van der Waals surface area contributed by atoms with Crippen LogP contribution >= 0.6 is 0 Å². The smallest absolute Gasteiger partial charge is 0.188 e. The van der Waals surface area contributed by atoms with Gasteiger partial charge in [-0.05, 0) is 42.0 Å². The molecule has 0 amide bonds. The van der Waals surface area contributed by atoms with Crippen molar-refractivity contribution in [2.75, 3.05) is 31.1 Å². The van der Waals surface area contributed by atoms with Crippen LogP contribution in [0.5, 0.6) is 0 Å². The van der Waals surface area contributed by atoms with Crippen molar-refractivity contribution >= 4 is 11.5 Å². The van der Waals surface area contributed by atoms with E-state index in [0.29, 0.717) is 17.0 Å². The van der Waals surface area contributed by atoms with Crippen LogP contribution in [0.1, 0.15) is 5.56 Å². The van der Waals surface area contributed by atoms with E-state index >= 15 is 0 Å². The van der Waals surface area contributed by atoms with Crippen molar-refractivity contribution in [2.24, 2.45) is 0 Å². The maximum absolute atomic E-state index is 14.2. The maximum atomic E-state index is 14.2. The number of rotatable bonds is 4. The summed E-state index contributed by atoms with van der Waals surface area (Å²) in [4.78, 5) is 8.74. The van der Waals surface area contributed by atoms with Gasteiger partial charge >= 0.3 is 0 Å². The molecule has 7 nitrogen and oxygen atoms in total. The lowest BCUT2D eigenvalue weighted by Crippen LogP contribution is -2.46. The summed E-state index contributed by atoms with van der Waals surface area (Å²) in [5, 5.41) is 13.0. The first-order valence-corrected chi connectivity index (χ1v) is 9.61. The highest BCUT2D eigenvalue weighted by Gasteiger charge is 2.20. The molecule has 0 spiro atoms. The summed E-state index contributed by atoms with van der Waals surface area (Å²) in [6.45, 7) is 4.57. The highest BCUT2D eigenvalue weighted by molar-refractivity contribution is 5.60. The minimum absolute atomic E-state index is 0.335. The van der Waals surface area contributed by atoms with Crippen LogP contribution in [0.4, 0.5) is 10.2 Å². The first-order chi connectivity index (χ1) is 14.3. The lowest BCUT2D eigenvalue weighted by atomic mass is 10.2. The van der Waals surface area contributed by atoms with Crippen molar-refractivity contribution in [1.82, 2.24) is 29.7 Å². The third kappa shape index (κ3) is 3.54. The van der Waals surface area contributed by atoms with E-state index in [9.17, 15) is 4.39 Å². The van der Waals surface area contributed by atoms with Crippen LogP contribution in [-0.2, 0) is 6.54 Å². The van der Waals surface area contributed by atoms with Crippen LogP contribution in [0.15, 0.2) is 60.9 Å². The molecule has 1 aromatic carbocycles. The standard InChI is InChI=1S/C21H20FN7/c22-18-4-2-1-3-17(18)21-25-24-19-5-6-20(26-29(19)21)28-13-11-27(12-14-28)15-16-7-9-23-10-8-16/h1-10H,11-15H2. The molecular weight excluding hydrogens is 369 g/mol. The van der Waals surface area contributed by atoms with Gasteiger partial charge in [0.05, 0.1) is 5.56 Å². The van der Waals surface area contributed by atoms with Gasteiger partial charge in [0.1, 0.15) is 11.6 Å². The molecule has 1 aliphatic heterocycles. The predicted octanol–water partition coefficient (Wildman–Crippen LogP) is 2.65. The van der Waals surface area contributed by atoms with E-state index in [-0.39, 0.29) is 5.82 Å². The van der Waals surface area contributed by atoms with Crippen LogP contribution in [0, 0.1) is 5.82 Å². The number of pyridine rings is 1. The van der Waals surface area contributed by atoms with Gasteiger partial charge in [-0.3, -0.25) is 9.88 Å². The largest absolute Gasteiger partial charge is 0.353 e. The Bertz CT molecular complexity index is 1120. The number of aromatic nitrogens is 5. The average Bonchev–Trinajstić information content (AvgIpc) is 3.18. The Hall–Kier alpha value is -3.39. The van der Waals surface area contributed by atoms with Crippen molar-refractivity contribution in [3.05, 3.63) is 72.3 Å². The minimum Gasteiger partial charge on any atom is -0.353 e. The summed E-state index contributed by atoms with van der Waals surface area (Å²) in [5.74, 6) is 0.924. The molecule has 0 atom stereocenters. The second-order valence-electron chi connectivity index (χ2n) is 7.08. The Kier molecular flexibility index (Phi) is 4.61. The molecule has 0 radical (unpaired) electrons. The van der Waals surface area contributed by atoms with Gasteiger partial charge in [0, 0.05) is 45.1 Å². The molecule has 146 valence electrons. The molecule has 29 heavy (non-hydrogen) atoms. The molecule has 4 heterocycles. The number of hydrogen-bond donors (Lipinski definition) is 0. The first kappa shape index (κ1) is 17.7. The van der Waals surface area contributed by atoms with E-state index in [1.807, 2.05) is 24.5 Å². The number of hydrogen-bond acceptors (Lipinski definition) is 6. The van der Waals surface area contributed by atoms with E-state index in [1.165, 1.54) is 11.6 Å². The van der Waals surface area contributed by atoms with E-state index in [0.717, 1.165) is 38.5 Å². The van der Waals surface area contributed by atoms with Crippen LogP contribution in [0.2, 0.25) is 0 Å². The van der Waals surface area contributed by atoms with Gasteiger partial charge in [-0.15, -0.1) is 15.3 Å². The van der Waals surface area contributed by atoms with E-state index in [4.69, 9.17) is 5.10 Å². The fraction of sp³-hybridized carbons (Fsp3) is 0.238. The number of piperazine rings is 1. The Morgan fingerprint density at radius 3 is 2.45 bits per heavy atom. The monoisotopic (exact) mass is 389 g/mol. The third-order valence-electron chi connectivity index (χ3n) is 5.22. The Morgan fingerprint density at radius 2 is 1.66 bits per heavy atom. The summed E-state index contributed by atoms with van der Waals surface area (Å²) >= 11 is 0. The summed E-state index contributed by atoms with van der Waals surface area (Å²) in [7, 11) is 0. The minimum atomic E-state index is -0.335. The number of fused-ring (bicyclic) bond motifs is 1. The number of anilines is 1. The average molecular weight is 389 g/mol. The summed E-state index contributed by atoms with van der Waals surface area (Å²) in [5.41, 5.74) is 2.27. The molecule has 0 bridgehead atoms. The second kappa shape index (κ2) is 7.56. The van der Waals surface area contributed by atoms with Gasteiger partial charge < -0.3 is 4.90 Å². The van der Waals surface area contributed by atoms with E-state index in [1.54, 1.807) is 22.7 Å². The summed E-state index contributed by atoms with van der Waals surface area (Å²) in [6.07, 6.45) is 3.66. The van der Waals surface area contributed by atoms with Crippen molar-refractivity contribution < 1.29 is 4.39 Å². The zero-order valence-corrected chi connectivity index (χ0v) is 15.8. The number of benzene rings is 1. The molecule has 0 aliphatic carbocycles. The topological polar surface area (TPSA) is 62.5 Å². The Balaban J connectivity index is 1.35. The zero-order valence-electron chi connectivity index (χ0n) is 15.8. The first-order valence-electron chi connectivity index (χ1n) is 9.61. The molecule has 4 aromatic rings. The molecule has 1 saturated heterocycles. The van der Waals surface area contributed by atoms with Crippen LogP contribution in [0.3, 0.4) is 0 Å². The quantitative estimate of drug-likeness (QED) is 0.535. The van der Waals surface area contributed by atoms with Crippen molar-refractivity contribution in [1.29, 1.82) is 0 Å². The molecule has 0 saturated carbocycles. The lowest BCUT2D eigenvalue weighted by Gasteiger charge is -2.35. The van der Waals surface area contributed by atoms with Gasteiger partial charge in [0.15, 0.2) is 11.5 Å². The summed E-state index contributed by atoms with van der Waals surface area (Å²) < 4.78 is 15.9. The predicted molar refractivity (Wildman–Crippen MR) is 108 cm³/mol. The highest BCUT2D eigenvalue weighted by Crippen LogP contribution is 2.22. The van der Waals surface area contributed by atoms with Gasteiger partial charge in [0.2, 0.25) is 0 Å². The fourth-order valence-electron chi connectivity index (χ4n) is 3.64. The second-order valence-corrected chi connectivity index (χ2v) is 7.08. The number of nitrogens with zero attached hydrogens (tertiary/aromatic N) is 7. The molecule has 5 rings (SSSR count). The molecule has 8 heteroatoms. The zero-order chi connectivity index (χ0) is 19.6. The van der Waals surface area contributed by atoms with Crippen molar-refractivity contribution in [2.45, 2.75) is 6.54 Å². The van der Waals surface area contributed by atoms with Crippen molar-refractivity contribution in [3.8, 4) is 11.4 Å². The highest BCUT2D eigenvalue weighted by atomic mass is 19.1. The fourth-order valence-corrected chi connectivity index (χ4v) is 3.64. The van der Waals surface area contributed by atoms with Gasteiger partial charge in [-0.2, -0.15) is 4.52 Å². The third-order valence-corrected chi connectivity index (χ3v) is 5.22. The van der Waals surface area contributed by atoms with Crippen molar-refractivity contribution in [3.63, 3.8) is 0 Å².